The van der Waals surface area contributed by atoms with Gasteiger partial charge < -0.3 is 15.0 Å². The molecule has 7 heteroatoms. The molecule has 2 rings (SSSR count). The fourth-order valence-electron chi connectivity index (χ4n) is 2.76. The average molecular weight is 498 g/mol. The Hall–Kier alpha value is -0.180. The first kappa shape index (κ1) is 22.9. The number of halogens is 2. The zero-order chi connectivity index (χ0) is 17.2. The topological polar surface area (TPSA) is 36.9 Å². The number of benzene rings is 1. The molecule has 0 unspecified atom stereocenters. The van der Waals surface area contributed by atoms with Gasteiger partial charge in [0.2, 0.25) is 0 Å². The first-order valence-corrected chi connectivity index (χ1v) is 9.93. The van der Waals surface area contributed by atoms with Crippen LogP contribution < -0.4 is 5.32 Å². The number of aliphatic imine (C=N–C) groups is 1. The number of ether oxygens (including phenoxy) is 1. The molecular weight excluding hydrogens is 469 g/mol. The summed E-state index contributed by atoms with van der Waals surface area (Å²) in [5, 5.41) is 4.22. The molecule has 1 aliphatic rings. The molecule has 0 saturated carbocycles. The van der Waals surface area contributed by atoms with Crippen molar-refractivity contribution in [2.45, 2.75) is 24.2 Å². The van der Waals surface area contributed by atoms with E-state index in [1.807, 2.05) is 30.9 Å². The normalized spacial score (nSPS) is 15.6. The molecule has 1 fully saturated rings. The van der Waals surface area contributed by atoms with Crippen molar-refractivity contribution in [1.82, 2.24) is 10.2 Å². The third-order valence-electron chi connectivity index (χ3n) is 4.25. The Kier molecular flexibility index (Phi) is 11.9. The zero-order valence-electron chi connectivity index (χ0n) is 15.0. The predicted octanol–water partition coefficient (Wildman–Crippen LogP) is 4.37. The molecule has 1 saturated heterocycles. The lowest BCUT2D eigenvalue weighted by atomic mass is 9.96. The van der Waals surface area contributed by atoms with E-state index in [9.17, 15) is 0 Å². The summed E-state index contributed by atoms with van der Waals surface area (Å²) in [4.78, 5) is 7.85. The van der Waals surface area contributed by atoms with E-state index in [1.165, 1.54) is 24.2 Å². The first-order chi connectivity index (χ1) is 11.7. The van der Waals surface area contributed by atoms with Gasteiger partial charge in [0, 0.05) is 56.1 Å². The quantitative estimate of drug-likeness (QED) is 0.199. The van der Waals surface area contributed by atoms with Crippen molar-refractivity contribution in [3.05, 3.63) is 29.3 Å². The highest BCUT2D eigenvalue weighted by Gasteiger charge is 2.15. The third-order valence-corrected chi connectivity index (χ3v) is 5.52. The van der Waals surface area contributed by atoms with Crippen LogP contribution in [0.4, 0.5) is 0 Å². The van der Waals surface area contributed by atoms with Gasteiger partial charge in [0.1, 0.15) is 0 Å². The molecule has 0 bridgehead atoms. The highest BCUT2D eigenvalue weighted by atomic mass is 127. The Morgan fingerprint density at radius 1 is 1.32 bits per heavy atom. The van der Waals surface area contributed by atoms with Crippen molar-refractivity contribution >= 4 is 53.3 Å². The van der Waals surface area contributed by atoms with E-state index in [0.717, 1.165) is 49.0 Å². The Balaban J connectivity index is 0.00000312. The smallest absolute Gasteiger partial charge is 0.193 e. The second-order valence-corrected chi connectivity index (χ2v) is 7.65. The first-order valence-electron chi connectivity index (χ1n) is 8.57. The summed E-state index contributed by atoms with van der Waals surface area (Å²) >= 11 is 7.72. The van der Waals surface area contributed by atoms with Crippen molar-refractivity contribution in [1.29, 1.82) is 0 Å². The van der Waals surface area contributed by atoms with Crippen molar-refractivity contribution in [3.8, 4) is 0 Å². The van der Waals surface area contributed by atoms with Crippen LogP contribution in [0.2, 0.25) is 5.02 Å². The molecule has 0 amide bonds. The summed E-state index contributed by atoms with van der Waals surface area (Å²) in [6, 6.07) is 7.98. The van der Waals surface area contributed by atoms with Gasteiger partial charge in [0.15, 0.2) is 5.96 Å². The summed E-state index contributed by atoms with van der Waals surface area (Å²) in [5.74, 6) is 2.76. The standard InChI is InChI=1S/C18H28ClN3OS.HI/c1-20-18(22(2)11-7-15-8-12-23-13-9-15)21-10-14-24-17-5-3-16(19)4-6-17;/h3-6,15H,7-14H2,1-2H3,(H,20,21);1H. The van der Waals surface area contributed by atoms with Gasteiger partial charge in [-0.05, 0) is 49.4 Å². The van der Waals surface area contributed by atoms with Gasteiger partial charge in [-0.1, -0.05) is 11.6 Å². The Labute approximate surface area is 178 Å². The van der Waals surface area contributed by atoms with Gasteiger partial charge >= 0.3 is 0 Å². The van der Waals surface area contributed by atoms with Crippen LogP contribution in [0.3, 0.4) is 0 Å². The fraction of sp³-hybridized carbons (Fsp3) is 0.611. The molecule has 0 atom stereocenters. The molecule has 1 aromatic carbocycles. The van der Waals surface area contributed by atoms with Gasteiger partial charge in [0.05, 0.1) is 0 Å². The molecule has 1 aliphatic heterocycles. The monoisotopic (exact) mass is 497 g/mol. The number of hydrogen-bond acceptors (Lipinski definition) is 3. The van der Waals surface area contributed by atoms with E-state index in [2.05, 4.69) is 34.4 Å². The molecular formula is C18H29ClIN3OS. The number of nitrogens with one attached hydrogen (secondary N) is 1. The molecule has 0 aromatic heterocycles. The van der Waals surface area contributed by atoms with E-state index < -0.39 is 0 Å². The average Bonchev–Trinajstić information content (AvgIpc) is 2.62. The lowest BCUT2D eigenvalue weighted by Gasteiger charge is -2.26. The molecule has 0 spiro atoms. The Morgan fingerprint density at radius 3 is 2.64 bits per heavy atom. The zero-order valence-corrected chi connectivity index (χ0v) is 18.9. The predicted molar refractivity (Wildman–Crippen MR) is 120 cm³/mol. The van der Waals surface area contributed by atoms with Gasteiger partial charge in [-0.3, -0.25) is 4.99 Å². The number of rotatable bonds is 7. The SMILES string of the molecule is CN=C(NCCSc1ccc(Cl)cc1)N(C)CCC1CCOCC1.I. The summed E-state index contributed by atoms with van der Waals surface area (Å²) in [7, 11) is 3.96. The maximum Gasteiger partial charge on any atom is 0.193 e. The second-order valence-electron chi connectivity index (χ2n) is 6.04. The number of hydrogen-bond donors (Lipinski definition) is 1. The maximum atomic E-state index is 5.90. The highest BCUT2D eigenvalue weighted by Crippen LogP contribution is 2.20. The van der Waals surface area contributed by atoms with E-state index in [-0.39, 0.29) is 24.0 Å². The van der Waals surface area contributed by atoms with Crippen molar-refractivity contribution in [2.75, 3.05) is 46.2 Å². The van der Waals surface area contributed by atoms with Gasteiger partial charge in [-0.15, -0.1) is 35.7 Å². The summed E-state index contributed by atoms with van der Waals surface area (Å²) in [5.41, 5.74) is 0. The minimum Gasteiger partial charge on any atom is -0.381 e. The van der Waals surface area contributed by atoms with Crippen LogP contribution in [0.25, 0.3) is 0 Å². The Morgan fingerprint density at radius 2 is 2.00 bits per heavy atom. The molecule has 0 radical (unpaired) electrons. The summed E-state index contributed by atoms with van der Waals surface area (Å²) in [6.45, 7) is 3.77. The number of thioether (sulfide) groups is 1. The third kappa shape index (κ3) is 8.84. The largest absolute Gasteiger partial charge is 0.381 e. The van der Waals surface area contributed by atoms with E-state index in [4.69, 9.17) is 16.3 Å². The van der Waals surface area contributed by atoms with Crippen LogP contribution in [-0.2, 0) is 4.74 Å². The van der Waals surface area contributed by atoms with Crippen LogP contribution in [0, 0.1) is 5.92 Å². The summed E-state index contributed by atoms with van der Waals surface area (Å²) < 4.78 is 5.42. The summed E-state index contributed by atoms with van der Waals surface area (Å²) in [6.07, 6.45) is 3.59. The van der Waals surface area contributed by atoms with Crippen molar-refractivity contribution in [3.63, 3.8) is 0 Å². The van der Waals surface area contributed by atoms with E-state index in [1.54, 1.807) is 0 Å². The van der Waals surface area contributed by atoms with Gasteiger partial charge in [0.25, 0.3) is 0 Å². The molecule has 1 N–H and O–H groups in total. The Bertz CT molecular complexity index is 510. The van der Waals surface area contributed by atoms with Crippen molar-refractivity contribution < 1.29 is 4.74 Å². The number of guanidine groups is 1. The highest BCUT2D eigenvalue weighted by molar-refractivity contribution is 14.0. The van der Waals surface area contributed by atoms with Crippen LogP contribution in [0.15, 0.2) is 34.2 Å². The van der Waals surface area contributed by atoms with E-state index in [0.29, 0.717) is 0 Å². The van der Waals surface area contributed by atoms with E-state index >= 15 is 0 Å². The van der Waals surface area contributed by atoms with Crippen molar-refractivity contribution in [2.24, 2.45) is 10.9 Å². The number of nitrogens with zero attached hydrogens (tertiary/aromatic N) is 2. The molecule has 1 heterocycles. The fourth-order valence-corrected chi connectivity index (χ4v) is 3.66. The molecule has 0 aliphatic carbocycles. The molecule has 142 valence electrons. The minimum atomic E-state index is 0. The van der Waals surface area contributed by atoms with Crippen LogP contribution in [-0.4, -0.2) is 57.0 Å². The molecule has 1 aromatic rings. The van der Waals surface area contributed by atoms with Crippen LogP contribution in [0.5, 0.6) is 0 Å². The minimum absolute atomic E-state index is 0. The van der Waals surface area contributed by atoms with Gasteiger partial charge in [-0.25, -0.2) is 0 Å². The second kappa shape index (κ2) is 13.1. The lowest BCUT2D eigenvalue weighted by molar-refractivity contribution is 0.0625. The maximum absolute atomic E-state index is 5.90. The van der Waals surface area contributed by atoms with Crippen LogP contribution >= 0.6 is 47.3 Å². The van der Waals surface area contributed by atoms with Crippen LogP contribution in [0.1, 0.15) is 19.3 Å². The molecule has 4 nitrogen and oxygen atoms in total. The van der Waals surface area contributed by atoms with Gasteiger partial charge in [-0.2, -0.15) is 0 Å². The lowest BCUT2D eigenvalue weighted by Crippen LogP contribution is -2.40. The molecule has 25 heavy (non-hydrogen) atoms.